The molecule has 3 aromatic carbocycles. The summed E-state index contributed by atoms with van der Waals surface area (Å²) in [6.07, 6.45) is 3.79. The number of allylic oxidation sites excluding steroid dienone is 1. The van der Waals surface area contributed by atoms with Gasteiger partial charge in [0.1, 0.15) is 5.82 Å². The minimum absolute atomic E-state index is 0.283. The Hall–Kier alpha value is -3.77. The maximum atomic E-state index is 13.4. The first-order valence-electron chi connectivity index (χ1n) is 11.2. The molecule has 1 aromatic heterocycles. The van der Waals surface area contributed by atoms with Crippen LogP contribution in [0.3, 0.4) is 0 Å². The van der Waals surface area contributed by atoms with Gasteiger partial charge in [-0.2, -0.15) is 5.10 Å². The van der Waals surface area contributed by atoms with Crippen molar-refractivity contribution < 1.29 is 4.39 Å². The molecule has 4 nitrogen and oxygen atoms in total. The number of aromatic nitrogens is 1. The number of benzene rings is 3. The summed E-state index contributed by atoms with van der Waals surface area (Å²) >= 11 is 1.50. The number of nitrogens with zero attached hydrogens (tertiary/aromatic N) is 3. The van der Waals surface area contributed by atoms with E-state index in [9.17, 15) is 4.39 Å². The first-order chi connectivity index (χ1) is 16.5. The van der Waals surface area contributed by atoms with E-state index in [1.54, 1.807) is 12.1 Å². The zero-order valence-corrected chi connectivity index (χ0v) is 20.0. The van der Waals surface area contributed by atoms with E-state index in [2.05, 4.69) is 67.5 Å². The number of thiazole rings is 1. The normalized spacial score (nSPS) is 13.9. The highest BCUT2D eigenvalue weighted by atomic mass is 32.1. The fourth-order valence-electron chi connectivity index (χ4n) is 3.89. The van der Waals surface area contributed by atoms with Gasteiger partial charge in [0.15, 0.2) is 0 Å². The summed E-state index contributed by atoms with van der Waals surface area (Å²) < 4.78 is 15.2. The molecule has 0 amide bonds. The third-order valence-electron chi connectivity index (χ3n) is 6.00. The van der Waals surface area contributed by atoms with Crippen LogP contribution in [0.4, 0.5) is 15.8 Å². The zero-order chi connectivity index (χ0) is 23.7. The lowest BCUT2D eigenvalue weighted by molar-refractivity contribution is 0.628. The summed E-state index contributed by atoms with van der Waals surface area (Å²) in [7, 11) is 0. The van der Waals surface area contributed by atoms with Crippen molar-refractivity contribution in [3.8, 4) is 11.3 Å². The topological polar surface area (TPSA) is 41.7 Å². The van der Waals surface area contributed by atoms with E-state index in [0.717, 1.165) is 41.0 Å². The number of hydrogen-bond acceptors (Lipinski definition) is 4. The van der Waals surface area contributed by atoms with Crippen LogP contribution in [-0.2, 0) is 6.42 Å². The van der Waals surface area contributed by atoms with Gasteiger partial charge in [0.25, 0.3) is 0 Å². The van der Waals surface area contributed by atoms with Crippen molar-refractivity contribution in [3.63, 3.8) is 0 Å². The lowest BCUT2D eigenvalue weighted by Crippen LogP contribution is -2.12. The molecular formula is C28H25FN4S. The standard InChI is InChI=1S/C28H25FN4S/c1-18-4-6-21(14-19(18)2)16-30-33-27(17-34-28(33)32-25-12-10-24(29)11-13-25)23-9-8-22-7-5-20(3)31-26(22)15-23/h4,6,8-17,31H,3,5,7H2,1-2H3/b30-16+,32-28-. The third-order valence-corrected chi connectivity index (χ3v) is 6.82. The molecule has 0 unspecified atom stereocenters. The highest BCUT2D eigenvalue weighted by Gasteiger charge is 2.14. The summed E-state index contributed by atoms with van der Waals surface area (Å²) in [5.74, 6) is -0.283. The van der Waals surface area contributed by atoms with Gasteiger partial charge < -0.3 is 5.32 Å². The minimum atomic E-state index is -0.283. The SMILES string of the molecule is C=C1CCc2ccc(-c3cs/c(=N\c4ccc(F)cc4)n3/N=C/c3ccc(C)c(C)c3)cc2N1. The molecule has 0 atom stereocenters. The van der Waals surface area contributed by atoms with Crippen LogP contribution in [-0.4, -0.2) is 10.9 Å². The smallest absolute Gasteiger partial charge is 0.211 e. The highest BCUT2D eigenvalue weighted by Crippen LogP contribution is 2.31. The zero-order valence-electron chi connectivity index (χ0n) is 19.2. The molecular weight excluding hydrogens is 443 g/mol. The maximum Gasteiger partial charge on any atom is 0.211 e. The van der Waals surface area contributed by atoms with Crippen molar-refractivity contribution in [1.82, 2.24) is 4.68 Å². The van der Waals surface area contributed by atoms with E-state index < -0.39 is 0 Å². The number of anilines is 1. The Morgan fingerprint density at radius 3 is 2.62 bits per heavy atom. The molecule has 5 rings (SSSR count). The van der Waals surface area contributed by atoms with Crippen molar-refractivity contribution in [2.45, 2.75) is 26.7 Å². The summed E-state index contributed by atoms with van der Waals surface area (Å²) in [5, 5.41) is 10.3. The highest BCUT2D eigenvalue weighted by molar-refractivity contribution is 7.07. The van der Waals surface area contributed by atoms with Gasteiger partial charge in [0.05, 0.1) is 17.6 Å². The van der Waals surface area contributed by atoms with Crippen LogP contribution in [0.2, 0.25) is 0 Å². The molecule has 0 fully saturated rings. The second kappa shape index (κ2) is 9.23. The average Bonchev–Trinajstić information content (AvgIpc) is 3.23. The molecule has 0 saturated heterocycles. The predicted molar refractivity (Wildman–Crippen MR) is 139 cm³/mol. The Morgan fingerprint density at radius 2 is 1.82 bits per heavy atom. The van der Waals surface area contributed by atoms with Gasteiger partial charge >= 0.3 is 0 Å². The van der Waals surface area contributed by atoms with Gasteiger partial charge in [0.2, 0.25) is 4.80 Å². The first kappa shape index (κ1) is 22.0. The van der Waals surface area contributed by atoms with E-state index in [0.29, 0.717) is 10.5 Å². The molecule has 34 heavy (non-hydrogen) atoms. The number of rotatable bonds is 4. The summed E-state index contributed by atoms with van der Waals surface area (Å²) in [6.45, 7) is 8.28. The van der Waals surface area contributed by atoms with Crippen LogP contribution in [0, 0.1) is 19.7 Å². The van der Waals surface area contributed by atoms with E-state index >= 15 is 0 Å². The molecule has 0 radical (unpaired) electrons. The Balaban J connectivity index is 1.62. The molecule has 2 heterocycles. The van der Waals surface area contributed by atoms with Crippen LogP contribution in [0.25, 0.3) is 11.3 Å². The predicted octanol–water partition coefficient (Wildman–Crippen LogP) is 6.96. The van der Waals surface area contributed by atoms with Crippen LogP contribution < -0.4 is 10.1 Å². The quantitative estimate of drug-likeness (QED) is 0.323. The van der Waals surface area contributed by atoms with Gasteiger partial charge in [-0.25, -0.2) is 14.1 Å². The number of nitrogens with one attached hydrogen (secondary N) is 1. The Labute approximate surface area is 202 Å². The fourth-order valence-corrected chi connectivity index (χ4v) is 4.75. The van der Waals surface area contributed by atoms with E-state index in [1.807, 2.05) is 10.9 Å². The molecule has 0 saturated carbocycles. The summed E-state index contributed by atoms with van der Waals surface area (Å²) in [5.41, 5.74) is 9.53. The number of hydrogen-bond donors (Lipinski definition) is 1. The summed E-state index contributed by atoms with van der Waals surface area (Å²) in [4.78, 5) is 5.45. The van der Waals surface area contributed by atoms with Crippen LogP contribution in [0.1, 0.15) is 28.7 Å². The number of fused-ring (bicyclic) bond motifs is 1. The molecule has 4 aromatic rings. The van der Waals surface area contributed by atoms with Gasteiger partial charge in [0, 0.05) is 22.3 Å². The Bertz CT molecular complexity index is 1480. The third kappa shape index (κ3) is 4.63. The van der Waals surface area contributed by atoms with Crippen molar-refractivity contribution in [3.05, 3.63) is 111 Å². The van der Waals surface area contributed by atoms with Crippen LogP contribution in [0.15, 0.2) is 88.4 Å². The van der Waals surface area contributed by atoms with Gasteiger partial charge in [-0.1, -0.05) is 36.9 Å². The second-order valence-electron chi connectivity index (χ2n) is 8.49. The fraction of sp³-hybridized carbons (Fsp3) is 0.143. The van der Waals surface area contributed by atoms with E-state index in [4.69, 9.17) is 10.1 Å². The van der Waals surface area contributed by atoms with Crippen molar-refractivity contribution in [2.75, 3.05) is 5.32 Å². The van der Waals surface area contributed by atoms with Crippen LogP contribution >= 0.6 is 11.3 Å². The minimum Gasteiger partial charge on any atom is -0.359 e. The second-order valence-corrected chi connectivity index (χ2v) is 9.33. The number of aryl methyl sites for hydroxylation is 3. The molecule has 0 spiro atoms. The summed E-state index contributed by atoms with van der Waals surface area (Å²) in [6, 6.07) is 18.9. The van der Waals surface area contributed by atoms with Gasteiger partial charge in [-0.15, -0.1) is 11.3 Å². The van der Waals surface area contributed by atoms with E-state index in [-0.39, 0.29) is 5.82 Å². The molecule has 0 bridgehead atoms. The molecule has 1 aliphatic heterocycles. The van der Waals surface area contributed by atoms with Gasteiger partial charge in [-0.3, -0.25) is 0 Å². The lowest BCUT2D eigenvalue weighted by atomic mass is 9.99. The maximum absolute atomic E-state index is 13.4. The lowest BCUT2D eigenvalue weighted by Gasteiger charge is -2.20. The van der Waals surface area contributed by atoms with Crippen molar-refractivity contribution >= 4 is 28.9 Å². The Kier molecular flexibility index (Phi) is 5.99. The van der Waals surface area contributed by atoms with Crippen molar-refractivity contribution in [1.29, 1.82) is 0 Å². The first-order valence-corrected chi connectivity index (χ1v) is 12.0. The molecule has 170 valence electrons. The largest absolute Gasteiger partial charge is 0.359 e. The van der Waals surface area contributed by atoms with Crippen LogP contribution in [0.5, 0.6) is 0 Å². The van der Waals surface area contributed by atoms with Gasteiger partial charge in [-0.05, 0) is 79.3 Å². The molecule has 0 aliphatic carbocycles. The number of halogens is 1. The Morgan fingerprint density at radius 1 is 1.00 bits per heavy atom. The van der Waals surface area contributed by atoms with Crippen molar-refractivity contribution in [2.24, 2.45) is 10.1 Å². The monoisotopic (exact) mass is 468 g/mol. The van der Waals surface area contributed by atoms with E-state index in [1.165, 1.54) is 40.2 Å². The molecule has 1 aliphatic rings. The molecule has 1 N–H and O–H groups in total. The average molecular weight is 469 g/mol. The molecule has 6 heteroatoms.